The predicted molar refractivity (Wildman–Crippen MR) is 74.4 cm³/mol. The molecule has 2 aromatic rings. The Kier molecular flexibility index (Phi) is 3.51. The van der Waals surface area contributed by atoms with Crippen molar-refractivity contribution in [3.63, 3.8) is 0 Å². The molecule has 1 heteroatoms. The number of hydrogen-bond acceptors (Lipinski definition) is 1. The Morgan fingerprint density at radius 1 is 1.00 bits per heavy atom. The molecule has 17 heavy (non-hydrogen) atoms. The van der Waals surface area contributed by atoms with Crippen LogP contribution < -0.4 is 0 Å². The zero-order chi connectivity index (χ0) is 12.1. The molecule has 1 aromatic heterocycles. The Bertz CT molecular complexity index is 539. The van der Waals surface area contributed by atoms with E-state index in [9.17, 15) is 0 Å². The molecule has 1 heterocycles. The number of hydrogen-bond donors (Lipinski definition) is 0. The van der Waals surface area contributed by atoms with Crippen LogP contribution in [0.2, 0.25) is 0 Å². The predicted octanol–water partition coefficient (Wildman–Crippen LogP) is 4.20. The topological polar surface area (TPSA) is 12.9 Å². The van der Waals surface area contributed by atoms with Crippen molar-refractivity contribution in [1.82, 2.24) is 4.98 Å². The van der Waals surface area contributed by atoms with Crippen LogP contribution in [0.4, 0.5) is 0 Å². The number of aryl methyl sites for hydroxylation is 1. The van der Waals surface area contributed by atoms with E-state index in [-0.39, 0.29) is 0 Å². The van der Waals surface area contributed by atoms with Crippen molar-refractivity contribution in [3.05, 3.63) is 71.6 Å². The van der Waals surface area contributed by atoms with Crippen LogP contribution in [0.15, 0.2) is 49.3 Å². The highest BCUT2D eigenvalue weighted by Crippen LogP contribution is 2.16. The largest absolute Gasteiger partial charge is 0.265 e. The quantitative estimate of drug-likeness (QED) is 0.756. The van der Waals surface area contributed by atoms with E-state index in [1.165, 1.54) is 11.1 Å². The molecular weight excluding hydrogens is 206 g/mol. The first-order valence-electron chi connectivity index (χ1n) is 5.61. The Balaban J connectivity index is 2.32. The first kappa shape index (κ1) is 11.3. The fraction of sp³-hybridized carbons (Fsp3) is 0.0625. The third kappa shape index (κ3) is 2.91. The third-order valence-electron chi connectivity index (χ3n) is 2.62. The van der Waals surface area contributed by atoms with Gasteiger partial charge in [-0.25, -0.2) is 0 Å². The van der Waals surface area contributed by atoms with Gasteiger partial charge < -0.3 is 0 Å². The van der Waals surface area contributed by atoms with Crippen molar-refractivity contribution in [2.75, 3.05) is 0 Å². The van der Waals surface area contributed by atoms with Gasteiger partial charge in [-0.15, -0.1) is 0 Å². The lowest BCUT2D eigenvalue weighted by Crippen LogP contribution is -1.82. The van der Waals surface area contributed by atoms with Gasteiger partial charge in [-0.2, -0.15) is 0 Å². The van der Waals surface area contributed by atoms with Crippen LogP contribution in [0.1, 0.15) is 22.3 Å². The molecule has 0 atom stereocenters. The van der Waals surface area contributed by atoms with Crippen molar-refractivity contribution in [3.8, 4) is 0 Å². The SMILES string of the molecule is C=Cc1ccc(C)cc1/C=C/c1ccncc1. The minimum absolute atomic E-state index is 1.15. The standard InChI is InChI=1S/C16H15N/c1-3-15-6-4-13(2)12-16(15)7-5-14-8-10-17-11-9-14/h3-12H,1H2,2H3/b7-5+. The summed E-state index contributed by atoms with van der Waals surface area (Å²) in [6.45, 7) is 5.93. The normalized spacial score (nSPS) is 10.6. The second-order valence-corrected chi connectivity index (χ2v) is 3.95. The summed E-state index contributed by atoms with van der Waals surface area (Å²) >= 11 is 0. The van der Waals surface area contributed by atoms with Crippen LogP contribution in [-0.2, 0) is 0 Å². The van der Waals surface area contributed by atoms with Gasteiger partial charge >= 0.3 is 0 Å². The van der Waals surface area contributed by atoms with E-state index in [0.717, 1.165) is 11.1 Å². The molecule has 0 aliphatic rings. The highest BCUT2D eigenvalue weighted by molar-refractivity contribution is 5.75. The summed E-state index contributed by atoms with van der Waals surface area (Å²) in [6, 6.07) is 10.3. The maximum Gasteiger partial charge on any atom is 0.0273 e. The van der Waals surface area contributed by atoms with Gasteiger partial charge in [0.25, 0.3) is 0 Å². The summed E-state index contributed by atoms with van der Waals surface area (Å²) < 4.78 is 0. The molecule has 0 aliphatic carbocycles. The maximum atomic E-state index is 4.00. The minimum atomic E-state index is 1.15. The summed E-state index contributed by atoms with van der Waals surface area (Å²) in [7, 11) is 0. The third-order valence-corrected chi connectivity index (χ3v) is 2.62. The molecule has 0 fully saturated rings. The number of pyridine rings is 1. The van der Waals surface area contributed by atoms with Crippen LogP contribution in [-0.4, -0.2) is 4.98 Å². The van der Waals surface area contributed by atoms with E-state index >= 15 is 0 Å². The summed E-state index contributed by atoms with van der Waals surface area (Å²) in [4.78, 5) is 4.00. The molecule has 0 radical (unpaired) electrons. The van der Waals surface area contributed by atoms with E-state index < -0.39 is 0 Å². The Hall–Kier alpha value is -2.15. The first-order valence-corrected chi connectivity index (χ1v) is 5.61. The highest BCUT2D eigenvalue weighted by atomic mass is 14.6. The van der Waals surface area contributed by atoms with Crippen molar-refractivity contribution >= 4 is 18.2 Å². The lowest BCUT2D eigenvalue weighted by molar-refractivity contribution is 1.32. The van der Waals surface area contributed by atoms with Gasteiger partial charge in [-0.1, -0.05) is 48.6 Å². The summed E-state index contributed by atoms with van der Waals surface area (Å²) in [5, 5.41) is 0. The van der Waals surface area contributed by atoms with E-state index in [4.69, 9.17) is 0 Å². The lowest BCUT2D eigenvalue weighted by Gasteiger charge is -2.02. The van der Waals surface area contributed by atoms with Crippen molar-refractivity contribution in [2.45, 2.75) is 6.92 Å². The molecule has 0 N–H and O–H groups in total. The van der Waals surface area contributed by atoms with Gasteiger partial charge in [-0.05, 0) is 35.7 Å². The fourth-order valence-electron chi connectivity index (χ4n) is 1.68. The Morgan fingerprint density at radius 3 is 2.47 bits per heavy atom. The lowest BCUT2D eigenvalue weighted by atomic mass is 10.0. The van der Waals surface area contributed by atoms with Gasteiger partial charge in [0.05, 0.1) is 0 Å². The number of aromatic nitrogens is 1. The first-order chi connectivity index (χ1) is 8.29. The van der Waals surface area contributed by atoms with Gasteiger partial charge in [0.1, 0.15) is 0 Å². The van der Waals surface area contributed by atoms with E-state index in [0.29, 0.717) is 0 Å². The van der Waals surface area contributed by atoms with Crippen LogP contribution >= 0.6 is 0 Å². The maximum absolute atomic E-state index is 4.00. The molecule has 84 valence electrons. The second-order valence-electron chi connectivity index (χ2n) is 3.95. The number of nitrogens with zero attached hydrogens (tertiary/aromatic N) is 1. The summed E-state index contributed by atoms with van der Waals surface area (Å²) in [6.07, 6.45) is 9.67. The second kappa shape index (κ2) is 5.26. The molecule has 0 aliphatic heterocycles. The molecule has 0 saturated carbocycles. The zero-order valence-electron chi connectivity index (χ0n) is 9.93. The fourth-order valence-corrected chi connectivity index (χ4v) is 1.68. The molecular formula is C16H15N. The van der Waals surface area contributed by atoms with Gasteiger partial charge in [-0.3, -0.25) is 4.98 Å². The zero-order valence-corrected chi connectivity index (χ0v) is 9.93. The van der Waals surface area contributed by atoms with Gasteiger partial charge in [0.2, 0.25) is 0 Å². The number of benzene rings is 1. The average molecular weight is 221 g/mol. The van der Waals surface area contributed by atoms with Gasteiger partial charge in [0, 0.05) is 12.4 Å². The Morgan fingerprint density at radius 2 is 1.76 bits per heavy atom. The average Bonchev–Trinajstić information content (AvgIpc) is 2.38. The highest BCUT2D eigenvalue weighted by Gasteiger charge is 1.95. The van der Waals surface area contributed by atoms with Crippen molar-refractivity contribution in [2.24, 2.45) is 0 Å². The molecule has 0 amide bonds. The monoisotopic (exact) mass is 221 g/mol. The molecule has 0 saturated heterocycles. The molecule has 1 aromatic carbocycles. The summed E-state index contributed by atoms with van der Waals surface area (Å²) in [5.41, 5.74) is 4.75. The summed E-state index contributed by atoms with van der Waals surface area (Å²) in [5.74, 6) is 0. The van der Waals surface area contributed by atoms with Crippen LogP contribution in [0.25, 0.3) is 18.2 Å². The van der Waals surface area contributed by atoms with Crippen LogP contribution in [0.3, 0.4) is 0 Å². The van der Waals surface area contributed by atoms with E-state index in [1.807, 2.05) is 18.2 Å². The van der Waals surface area contributed by atoms with Gasteiger partial charge in [0.15, 0.2) is 0 Å². The van der Waals surface area contributed by atoms with E-state index in [2.05, 4.69) is 48.8 Å². The molecule has 0 spiro atoms. The smallest absolute Gasteiger partial charge is 0.0273 e. The molecule has 1 nitrogen and oxygen atoms in total. The molecule has 0 bridgehead atoms. The van der Waals surface area contributed by atoms with Crippen LogP contribution in [0, 0.1) is 6.92 Å². The minimum Gasteiger partial charge on any atom is -0.265 e. The number of rotatable bonds is 3. The van der Waals surface area contributed by atoms with Crippen molar-refractivity contribution < 1.29 is 0 Å². The molecule has 2 rings (SSSR count). The Labute approximate surface area is 102 Å². The van der Waals surface area contributed by atoms with E-state index in [1.54, 1.807) is 12.4 Å². The van der Waals surface area contributed by atoms with Crippen molar-refractivity contribution in [1.29, 1.82) is 0 Å². The van der Waals surface area contributed by atoms with Crippen LogP contribution in [0.5, 0.6) is 0 Å². The molecule has 0 unspecified atom stereocenters.